The molecule has 0 aliphatic heterocycles. The minimum Gasteiger partial charge on any atom is -0.490 e. The first-order valence-corrected chi connectivity index (χ1v) is 7.01. The van der Waals surface area contributed by atoms with Gasteiger partial charge in [-0.15, -0.1) is 0 Å². The highest BCUT2D eigenvalue weighted by molar-refractivity contribution is 7.98. The molecule has 0 atom stereocenters. The van der Waals surface area contributed by atoms with Gasteiger partial charge in [-0.2, -0.15) is 0 Å². The quantitative estimate of drug-likeness (QED) is 0.457. The van der Waals surface area contributed by atoms with Crippen molar-refractivity contribution >= 4 is 11.8 Å². The van der Waals surface area contributed by atoms with Crippen molar-refractivity contribution in [1.82, 2.24) is 9.97 Å². The van der Waals surface area contributed by atoms with Gasteiger partial charge in [-0.05, 0) is 30.7 Å². The lowest BCUT2D eigenvalue weighted by molar-refractivity contribution is 0.363. The van der Waals surface area contributed by atoms with E-state index in [1.165, 1.54) is 5.56 Å². The van der Waals surface area contributed by atoms with Gasteiger partial charge in [0.2, 0.25) is 0 Å². The molecule has 1 aromatic heterocycles. The molecule has 0 amide bonds. The number of aryl methyl sites for hydroxylation is 1. The van der Waals surface area contributed by atoms with Crippen LogP contribution in [0.3, 0.4) is 0 Å². The molecule has 98 valence electrons. The van der Waals surface area contributed by atoms with Crippen LogP contribution in [0.15, 0.2) is 54.3 Å². The number of hydrogen-bond donors (Lipinski definition) is 0. The molecule has 3 nitrogen and oxygen atoms in total. The number of rotatable bonds is 6. The third-order valence-electron chi connectivity index (χ3n) is 2.41. The summed E-state index contributed by atoms with van der Waals surface area (Å²) in [7, 11) is 0. The van der Waals surface area contributed by atoms with Gasteiger partial charge in [0.15, 0.2) is 5.16 Å². The molecule has 0 aliphatic carbocycles. The molecule has 0 radical (unpaired) electrons. The topological polar surface area (TPSA) is 35.0 Å². The van der Waals surface area contributed by atoms with E-state index >= 15 is 0 Å². The fraction of sp³-hybridized carbons (Fsp3) is 0.200. The molecule has 1 aromatic carbocycles. The molecule has 0 bridgehead atoms. The van der Waals surface area contributed by atoms with E-state index in [2.05, 4.69) is 22.6 Å². The molecule has 0 fully saturated rings. The summed E-state index contributed by atoms with van der Waals surface area (Å²) in [5.41, 5.74) is 2.18. The van der Waals surface area contributed by atoms with Crippen LogP contribution in [0.2, 0.25) is 0 Å². The number of hydrogen-bond acceptors (Lipinski definition) is 4. The molecule has 4 heteroatoms. The summed E-state index contributed by atoms with van der Waals surface area (Å²) in [4.78, 5) is 8.60. The SMILES string of the molecule is C=CCOc1cccc(CSc2nccc(C)n2)c1. The predicted octanol–water partition coefficient (Wildman–Crippen LogP) is 3.64. The average molecular weight is 272 g/mol. The summed E-state index contributed by atoms with van der Waals surface area (Å²) in [6, 6.07) is 9.94. The van der Waals surface area contributed by atoms with Crippen molar-refractivity contribution in [2.24, 2.45) is 0 Å². The van der Waals surface area contributed by atoms with Gasteiger partial charge in [0.25, 0.3) is 0 Å². The van der Waals surface area contributed by atoms with Crippen LogP contribution in [0.5, 0.6) is 5.75 Å². The highest BCUT2D eigenvalue weighted by atomic mass is 32.2. The molecule has 0 aliphatic rings. The van der Waals surface area contributed by atoms with Crippen LogP contribution in [-0.2, 0) is 5.75 Å². The Bertz CT molecular complexity index is 557. The monoisotopic (exact) mass is 272 g/mol. The Balaban J connectivity index is 1.97. The number of thioether (sulfide) groups is 1. The number of aromatic nitrogens is 2. The van der Waals surface area contributed by atoms with E-state index in [1.54, 1.807) is 24.0 Å². The Hall–Kier alpha value is -1.81. The van der Waals surface area contributed by atoms with Gasteiger partial charge in [0, 0.05) is 17.6 Å². The predicted molar refractivity (Wildman–Crippen MR) is 78.5 cm³/mol. The van der Waals surface area contributed by atoms with Gasteiger partial charge in [-0.25, -0.2) is 9.97 Å². The molecule has 0 saturated carbocycles. The van der Waals surface area contributed by atoms with E-state index in [1.807, 2.05) is 31.2 Å². The van der Waals surface area contributed by atoms with Crippen molar-refractivity contribution in [3.05, 3.63) is 60.4 Å². The molecular weight excluding hydrogens is 256 g/mol. The van der Waals surface area contributed by atoms with Crippen molar-refractivity contribution in [3.8, 4) is 5.75 Å². The zero-order valence-corrected chi connectivity index (χ0v) is 11.7. The van der Waals surface area contributed by atoms with E-state index in [0.717, 1.165) is 22.4 Å². The minimum absolute atomic E-state index is 0.525. The molecule has 0 spiro atoms. The lowest BCUT2D eigenvalue weighted by Gasteiger charge is -2.06. The van der Waals surface area contributed by atoms with Gasteiger partial charge < -0.3 is 4.74 Å². The largest absolute Gasteiger partial charge is 0.490 e. The van der Waals surface area contributed by atoms with Crippen LogP contribution in [0, 0.1) is 6.92 Å². The van der Waals surface area contributed by atoms with Crippen molar-refractivity contribution < 1.29 is 4.74 Å². The van der Waals surface area contributed by atoms with Gasteiger partial charge in [0.05, 0.1) is 0 Å². The van der Waals surface area contributed by atoms with Crippen LogP contribution in [0.1, 0.15) is 11.3 Å². The molecule has 1 heterocycles. The van der Waals surface area contributed by atoms with Gasteiger partial charge in [0.1, 0.15) is 12.4 Å². The fourth-order valence-electron chi connectivity index (χ4n) is 1.52. The van der Waals surface area contributed by atoms with E-state index in [9.17, 15) is 0 Å². The fourth-order valence-corrected chi connectivity index (χ4v) is 2.34. The second kappa shape index (κ2) is 6.95. The maximum absolute atomic E-state index is 5.51. The van der Waals surface area contributed by atoms with Gasteiger partial charge >= 0.3 is 0 Å². The van der Waals surface area contributed by atoms with Crippen molar-refractivity contribution in [2.75, 3.05) is 6.61 Å². The van der Waals surface area contributed by atoms with E-state index in [4.69, 9.17) is 4.74 Å². The molecule has 0 unspecified atom stereocenters. The third kappa shape index (κ3) is 4.41. The lowest BCUT2D eigenvalue weighted by atomic mass is 10.2. The maximum atomic E-state index is 5.51. The summed E-state index contributed by atoms with van der Waals surface area (Å²) in [5.74, 6) is 1.69. The van der Waals surface area contributed by atoms with Crippen LogP contribution in [0.25, 0.3) is 0 Å². The van der Waals surface area contributed by atoms with Crippen molar-refractivity contribution in [2.45, 2.75) is 17.8 Å². The standard InChI is InChI=1S/C15H16N2OS/c1-3-9-18-14-6-4-5-13(10-14)11-19-15-16-8-7-12(2)17-15/h3-8,10H,1,9,11H2,2H3. The third-order valence-corrected chi connectivity index (χ3v) is 3.34. The first-order chi connectivity index (χ1) is 9.28. The molecule has 2 rings (SSSR count). The smallest absolute Gasteiger partial charge is 0.188 e. The van der Waals surface area contributed by atoms with Gasteiger partial charge in [-0.3, -0.25) is 0 Å². The first-order valence-electron chi connectivity index (χ1n) is 6.03. The number of nitrogens with zero attached hydrogens (tertiary/aromatic N) is 2. The molecule has 19 heavy (non-hydrogen) atoms. The Morgan fingerprint density at radius 3 is 3.05 bits per heavy atom. The average Bonchev–Trinajstić information content (AvgIpc) is 2.43. The van der Waals surface area contributed by atoms with E-state index in [-0.39, 0.29) is 0 Å². The van der Waals surface area contributed by atoms with Crippen molar-refractivity contribution in [3.63, 3.8) is 0 Å². The van der Waals surface area contributed by atoms with Crippen LogP contribution < -0.4 is 4.74 Å². The van der Waals surface area contributed by atoms with Crippen LogP contribution in [-0.4, -0.2) is 16.6 Å². The number of benzene rings is 1. The molecular formula is C15H16N2OS. The van der Waals surface area contributed by atoms with Crippen LogP contribution in [0.4, 0.5) is 0 Å². The van der Waals surface area contributed by atoms with E-state index in [0.29, 0.717) is 6.61 Å². The normalized spacial score (nSPS) is 10.2. The number of ether oxygens (including phenoxy) is 1. The Morgan fingerprint density at radius 1 is 1.37 bits per heavy atom. The molecule has 0 N–H and O–H groups in total. The Kier molecular flexibility index (Phi) is 4.98. The zero-order chi connectivity index (χ0) is 13.5. The maximum Gasteiger partial charge on any atom is 0.188 e. The Morgan fingerprint density at radius 2 is 2.26 bits per heavy atom. The van der Waals surface area contributed by atoms with Crippen molar-refractivity contribution in [1.29, 1.82) is 0 Å². The first kappa shape index (κ1) is 13.6. The van der Waals surface area contributed by atoms with E-state index < -0.39 is 0 Å². The highest BCUT2D eigenvalue weighted by Gasteiger charge is 2.01. The van der Waals surface area contributed by atoms with Crippen LogP contribution >= 0.6 is 11.8 Å². The highest BCUT2D eigenvalue weighted by Crippen LogP contribution is 2.22. The summed E-state index contributed by atoms with van der Waals surface area (Å²) in [6.45, 7) is 6.13. The van der Waals surface area contributed by atoms with Gasteiger partial charge in [-0.1, -0.05) is 36.5 Å². The molecule has 2 aromatic rings. The second-order valence-corrected chi connectivity index (χ2v) is 4.96. The second-order valence-electron chi connectivity index (χ2n) is 4.02. The summed E-state index contributed by atoms with van der Waals surface area (Å²) < 4.78 is 5.51. The minimum atomic E-state index is 0.525. The lowest BCUT2D eigenvalue weighted by Crippen LogP contribution is -1.93. The zero-order valence-electron chi connectivity index (χ0n) is 10.9. The summed E-state index contributed by atoms with van der Waals surface area (Å²) in [6.07, 6.45) is 3.52. The Labute approximate surface area is 117 Å². The summed E-state index contributed by atoms with van der Waals surface area (Å²) in [5, 5.41) is 0.803. The summed E-state index contributed by atoms with van der Waals surface area (Å²) >= 11 is 1.62. The molecule has 0 saturated heterocycles.